The molecule has 28 heavy (non-hydrogen) atoms. The molecule has 0 atom stereocenters. The molecule has 4 aromatic rings. The summed E-state index contributed by atoms with van der Waals surface area (Å²) in [7, 11) is 0. The van der Waals surface area contributed by atoms with Crippen LogP contribution in [0, 0.1) is 0 Å². The van der Waals surface area contributed by atoms with E-state index in [1.54, 1.807) is 36.7 Å². The van der Waals surface area contributed by atoms with Gasteiger partial charge in [0.1, 0.15) is 11.4 Å². The topological polar surface area (TPSA) is 104 Å². The number of nitrogens with zero attached hydrogens (tertiary/aromatic N) is 1. The number of hydrogen-bond donors (Lipinski definition) is 4. The van der Waals surface area contributed by atoms with E-state index in [1.807, 2.05) is 42.5 Å². The Morgan fingerprint density at radius 2 is 1.93 bits per heavy atom. The third-order valence-electron chi connectivity index (χ3n) is 4.38. The maximum atomic E-state index is 12.1. The Balaban J connectivity index is 1.83. The second kappa shape index (κ2) is 7.28. The lowest BCUT2D eigenvalue weighted by molar-refractivity contribution is -0.112. The molecule has 138 valence electrons. The Bertz CT molecular complexity index is 1180. The van der Waals surface area contributed by atoms with Crippen LogP contribution < -0.4 is 11.1 Å². The average Bonchev–Trinajstić information content (AvgIpc) is 3.10. The van der Waals surface area contributed by atoms with Gasteiger partial charge in [-0.2, -0.15) is 0 Å². The van der Waals surface area contributed by atoms with E-state index < -0.39 is 5.91 Å². The lowest BCUT2D eigenvalue weighted by atomic mass is 10.0. The van der Waals surface area contributed by atoms with Crippen molar-refractivity contribution >= 4 is 40.0 Å². The third-order valence-corrected chi connectivity index (χ3v) is 4.38. The first-order chi connectivity index (χ1) is 13.6. The molecule has 2 heterocycles. The number of fused-ring (bicyclic) bond motifs is 1. The van der Waals surface area contributed by atoms with Gasteiger partial charge in [0.05, 0.1) is 5.69 Å². The van der Waals surface area contributed by atoms with E-state index in [4.69, 9.17) is 5.73 Å². The fourth-order valence-electron chi connectivity index (χ4n) is 3.11. The number of phenolic OH excluding ortho intramolecular Hbond substituents is 1. The predicted octanol–water partition coefficient (Wildman–Crippen LogP) is 4.04. The third kappa shape index (κ3) is 3.43. The van der Waals surface area contributed by atoms with E-state index >= 15 is 0 Å². The van der Waals surface area contributed by atoms with Crippen LogP contribution >= 0.6 is 0 Å². The van der Waals surface area contributed by atoms with E-state index in [0.29, 0.717) is 11.2 Å². The number of nitrogens with two attached hydrogens (primary N) is 1. The maximum Gasteiger partial charge on any atom is 0.249 e. The van der Waals surface area contributed by atoms with E-state index in [9.17, 15) is 9.90 Å². The van der Waals surface area contributed by atoms with Gasteiger partial charge in [0.25, 0.3) is 0 Å². The summed E-state index contributed by atoms with van der Waals surface area (Å²) in [5.41, 5.74) is 9.77. The smallest absolute Gasteiger partial charge is 0.249 e. The number of hydrogen-bond acceptors (Lipinski definition) is 4. The zero-order chi connectivity index (χ0) is 19.5. The highest BCUT2D eigenvalue weighted by atomic mass is 16.3. The van der Waals surface area contributed by atoms with Crippen molar-refractivity contribution in [3.63, 3.8) is 0 Å². The molecule has 0 saturated carbocycles. The first-order valence-corrected chi connectivity index (χ1v) is 8.71. The van der Waals surface area contributed by atoms with Gasteiger partial charge in [-0.05, 0) is 29.8 Å². The van der Waals surface area contributed by atoms with Crippen molar-refractivity contribution in [1.29, 1.82) is 0 Å². The molecule has 1 amide bonds. The van der Waals surface area contributed by atoms with Crippen LogP contribution in [-0.4, -0.2) is 21.0 Å². The van der Waals surface area contributed by atoms with Crippen molar-refractivity contribution < 1.29 is 9.90 Å². The normalized spacial score (nSPS) is 11.5. The average molecular weight is 370 g/mol. The predicted molar refractivity (Wildman–Crippen MR) is 111 cm³/mol. The van der Waals surface area contributed by atoms with Gasteiger partial charge < -0.3 is 21.1 Å². The number of rotatable bonds is 5. The van der Waals surface area contributed by atoms with Crippen LogP contribution in [0.15, 0.2) is 73.1 Å². The van der Waals surface area contributed by atoms with Crippen molar-refractivity contribution in [1.82, 2.24) is 9.97 Å². The van der Waals surface area contributed by atoms with Gasteiger partial charge in [0, 0.05) is 40.7 Å². The van der Waals surface area contributed by atoms with Crippen molar-refractivity contribution in [2.75, 3.05) is 5.32 Å². The number of nitrogens with one attached hydrogen (secondary N) is 2. The number of benzene rings is 2. The van der Waals surface area contributed by atoms with Gasteiger partial charge in [0.2, 0.25) is 5.91 Å². The number of H-pyrrole nitrogens is 1. The van der Waals surface area contributed by atoms with Crippen molar-refractivity contribution in [3.8, 4) is 5.75 Å². The van der Waals surface area contributed by atoms with Crippen molar-refractivity contribution in [2.45, 2.75) is 0 Å². The molecule has 5 N–H and O–H groups in total. The van der Waals surface area contributed by atoms with Gasteiger partial charge in [0.15, 0.2) is 0 Å². The van der Waals surface area contributed by atoms with Crippen LogP contribution in [0.1, 0.15) is 11.1 Å². The van der Waals surface area contributed by atoms with E-state index in [-0.39, 0.29) is 5.75 Å². The molecule has 6 heteroatoms. The standard InChI is InChI=1S/C22H18N4O2/c23-21(28)18(14-5-2-1-3-6-14)11-15-13-25-22-20(15)19(9-10-24-22)26-16-7-4-8-17(27)12-16/h1-13,27H,(H2,23,28)(H2,24,25,26)/b18-11+. The summed E-state index contributed by atoms with van der Waals surface area (Å²) in [6.07, 6.45) is 5.23. The molecule has 0 unspecified atom stereocenters. The molecule has 0 bridgehead atoms. The second-order valence-electron chi connectivity index (χ2n) is 6.29. The molecule has 6 nitrogen and oxygen atoms in total. The van der Waals surface area contributed by atoms with Gasteiger partial charge in [-0.1, -0.05) is 36.4 Å². The summed E-state index contributed by atoms with van der Waals surface area (Å²) in [6, 6.07) is 18.0. The minimum Gasteiger partial charge on any atom is -0.508 e. The SMILES string of the molecule is NC(=O)/C(=C/c1c[nH]c2nccc(Nc3cccc(O)c3)c12)c1ccccc1. The summed E-state index contributed by atoms with van der Waals surface area (Å²) >= 11 is 0. The van der Waals surface area contributed by atoms with Crippen LogP contribution in [0.2, 0.25) is 0 Å². The Labute approximate surface area is 161 Å². The van der Waals surface area contributed by atoms with Crippen LogP contribution in [0.3, 0.4) is 0 Å². The lowest BCUT2D eigenvalue weighted by Crippen LogP contribution is -2.12. The summed E-state index contributed by atoms with van der Waals surface area (Å²) in [5, 5.41) is 13.8. The number of anilines is 2. The van der Waals surface area contributed by atoms with Gasteiger partial charge in [-0.3, -0.25) is 4.79 Å². The second-order valence-corrected chi connectivity index (χ2v) is 6.29. The Hall–Kier alpha value is -4.06. The fourth-order valence-corrected chi connectivity index (χ4v) is 3.11. The molecule has 0 aliphatic heterocycles. The highest BCUT2D eigenvalue weighted by Crippen LogP contribution is 2.31. The van der Waals surface area contributed by atoms with Crippen molar-refractivity contribution in [2.24, 2.45) is 5.73 Å². The minimum atomic E-state index is -0.507. The fraction of sp³-hybridized carbons (Fsp3) is 0. The highest BCUT2D eigenvalue weighted by Gasteiger charge is 2.13. The number of phenols is 1. The molecule has 0 fully saturated rings. The highest BCUT2D eigenvalue weighted by molar-refractivity contribution is 6.24. The summed E-state index contributed by atoms with van der Waals surface area (Å²) < 4.78 is 0. The first-order valence-electron chi connectivity index (χ1n) is 8.71. The number of carbonyl (C=O) groups excluding carboxylic acids is 1. The molecule has 0 saturated heterocycles. The monoisotopic (exact) mass is 370 g/mol. The molecular formula is C22H18N4O2. The first kappa shape index (κ1) is 17.4. The zero-order valence-electron chi connectivity index (χ0n) is 14.9. The number of aromatic nitrogens is 2. The maximum absolute atomic E-state index is 12.1. The Morgan fingerprint density at radius 1 is 1.11 bits per heavy atom. The van der Waals surface area contributed by atoms with E-state index in [2.05, 4.69) is 15.3 Å². The molecule has 0 aliphatic rings. The number of primary amides is 1. The summed E-state index contributed by atoms with van der Waals surface area (Å²) in [4.78, 5) is 19.5. The van der Waals surface area contributed by atoms with Crippen molar-refractivity contribution in [3.05, 3.63) is 84.2 Å². The quantitative estimate of drug-likeness (QED) is 0.398. The molecule has 0 radical (unpaired) electrons. The Kier molecular flexibility index (Phi) is 4.51. The van der Waals surface area contributed by atoms with Crippen LogP contribution in [0.25, 0.3) is 22.7 Å². The lowest BCUT2D eigenvalue weighted by Gasteiger charge is -2.09. The number of aromatic hydroxyl groups is 1. The molecule has 4 rings (SSSR count). The molecule has 2 aromatic carbocycles. The van der Waals surface area contributed by atoms with Crippen LogP contribution in [0.4, 0.5) is 11.4 Å². The molecule has 0 spiro atoms. The van der Waals surface area contributed by atoms with Crippen LogP contribution in [0.5, 0.6) is 5.75 Å². The van der Waals surface area contributed by atoms with E-state index in [0.717, 1.165) is 27.9 Å². The van der Waals surface area contributed by atoms with Gasteiger partial charge in [-0.15, -0.1) is 0 Å². The number of aromatic amines is 1. The van der Waals surface area contributed by atoms with Gasteiger partial charge >= 0.3 is 0 Å². The minimum absolute atomic E-state index is 0.171. The Morgan fingerprint density at radius 3 is 2.68 bits per heavy atom. The molecule has 0 aliphatic carbocycles. The van der Waals surface area contributed by atoms with E-state index in [1.165, 1.54) is 0 Å². The summed E-state index contributed by atoms with van der Waals surface area (Å²) in [5.74, 6) is -0.337. The zero-order valence-corrected chi connectivity index (χ0v) is 14.9. The largest absolute Gasteiger partial charge is 0.508 e. The summed E-state index contributed by atoms with van der Waals surface area (Å²) in [6.45, 7) is 0. The number of amides is 1. The van der Waals surface area contributed by atoms with Crippen LogP contribution in [-0.2, 0) is 4.79 Å². The molecule has 2 aromatic heterocycles. The van der Waals surface area contributed by atoms with Gasteiger partial charge in [-0.25, -0.2) is 4.98 Å². The molecular weight excluding hydrogens is 352 g/mol. The number of pyridine rings is 1. The number of carbonyl (C=O) groups is 1.